The average molecular weight is 294 g/mol. The molecule has 1 aliphatic heterocycles. The van der Waals surface area contributed by atoms with E-state index in [4.69, 9.17) is 0 Å². The summed E-state index contributed by atoms with van der Waals surface area (Å²) in [6.45, 7) is 6.90. The van der Waals surface area contributed by atoms with Crippen LogP contribution >= 0.6 is 0 Å². The Hall–Kier alpha value is -1.06. The number of nitrogens with one attached hydrogen (secondary N) is 1. The number of carbonyl (C=O) groups excluding carboxylic acids is 2. The van der Waals surface area contributed by atoms with Gasteiger partial charge in [0, 0.05) is 19.0 Å². The molecule has 2 atom stereocenters. The molecule has 21 heavy (non-hydrogen) atoms. The highest BCUT2D eigenvalue weighted by Gasteiger charge is 2.43. The smallest absolute Gasteiger partial charge is 0.248 e. The van der Waals surface area contributed by atoms with E-state index in [9.17, 15) is 9.59 Å². The second-order valence-electron chi connectivity index (χ2n) is 6.85. The van der Waals surface area contributed by atoms with Crippen LogP contribution in [0.3, 0.4) is 0 Å². The third-order valence-corrected chi connectivity index (χ3v) is 5.50. The first-order valence-electron chi connectivity index (χ1n) is 8.64. The molecule has 2 fully saturated rings. The zero-order chi connectivity index (χ0) is 15.5. The first kappa shape index (κ1) is 16.3. The maximum absolute atomic E-state index is 13.1. The molecule has 1 heterocycles. The molecule has 120 valence electrons. The normalized spacial score (nSPS) is 30.5. The van der Waals surface area contributed by atoms with E-state index >= 15 is 0 Å². The zero-order valence-electron chi connectivity index (χ0n) is 13.8. The van der Waals surface area contributed by atoms with Crippen LogP contribution < -0.4 is 5.32 Å². The Kier molecular flexibility index (Phi) is 5.28. The summed E-state index contributed by atoms with van der Waals surface area (Å²) >= 11 is 0. The van der Waals surface area contributed by atoms with Gasteiger partial charge in [0.15, 0.2) is 0 Å². The summed E-state index contributed by atoms with van der Waals surface area (Å²) in [6, 6.07) is 0.327. The van der Waals surface area contributed by atoms with Crippen LogP contribution in [0, 0.1) is 5.92 Å². The quantitative estimate of drug-likeness (QED) is 0.814. The second kappa shape index (κ2) is 6.80. The minimum Gasteiger partial charge on any atom is -0.342 e. The van der Waals surface area contributed by atoms with E-state index in [0.29, 0.717) is 31.8 Å². The number of nitrogens with zero attached hydrogens (tertiary/aromatic N) is 1. The van der Waals surface area contributed by atoms with Crippen molar-refractivity contribution in [2.24, 2.45) is 5.92 Å². The summed E-state index contributed by atoms with van der Waals surface area (Å²) in [4.78, 5) is 27.1. The van der Waals surface area contributed by atoms with Crippen LogP contribution in [0.5, 0.6) is 0 Å². The Balaban J connectivity index is 2.20. The fraction of sp³-hybridized carbons (Fsp3) is 0.882. The number of hydrogen-bond acceptors (Lipinski definition) is 2. The van der Waals surface area contributed by atoms with Crippen molar-refractivity contribution in [1.29, 1.82) is 0 Å². The van der Waals surface area contributed by atoms with Crippen LogP contribution in [0.2, 0.25) is 0 Å². The van der Waals surface area contributed by atoms with Gasteiger partial charge in [-0.05, 0) is 38.0 Å². The summed E-state index contributed by atoms with van der Waals surface area (Å²) < 4.78 is 0. The third kappa shape index (κ3) is 3.41. The third-order valence-electron chi connectivity index (χ3n) is 5.50. The highest BCUT2D eigenvalue weighted by atomic mass is 16.2. The van der Waals surface area contributed by atoms with Gasteiger partial charge in [0.25, 0.3) is 0 Å². The Bertz CT molecular complexity index is 390. The van der Waals surface area contributed by atoms with Crippen molar-refractivity contribution in [1.82, 2.24) is 10.2 Å². The zero-order valence-corrected chi connectivity index (χ0v) is 13.8. The number of rotatable bonds is 3. The van der Waals surface area contributed by atoms with E-state index in [1.165, 1.54) is 19.3 Å². The molecule has 1 saturated carbocycles. The van der Waals surface area contributed by atoms with Crippen molar-refractivity contribution in [3.8, 4) is 0 Å². The van der Waals surface area contributed by atoms with Crippen LogP contribution in [0.25, 0.3) is 0 Å². The van der Waals surface area contributed by atoms with Gasteiger partial charge < -0.3 is 10.2 Å². The lowest BCUT2D eigenvalue weighted by Crippen LogP contribution is -2.58. The molecular formula is C17H30N2O2. The van der Waals surface area contributed by atoms with E-state index in [-0.39, 0.29) is 11.8 Å². The molecule has 0 radical (unpaired) electrons. The van der Waals surface area contributed by atoms with E-state index in [0.717, 1.165) is 18.8 Å². The lowest BCUT2D eigenvalue weighted by atomic mass is 9.90. The largest absolute Gasteiger partial charge is 0.342 e. The monoisotopic (exact) mass is 294 g/mol. The number of hydrogen-bond donors (Lipinski definition) is 1. The van der Waals surface area contributed by atoms with E-state index in [1.807, 2.05) is 18.7 Å². The van der Waals surface area contributed by atoms with Gasteiger partial charge in [-0.1, -0.05) is 33.6 Å². The van der Waals surface area contributed by atoms with Crippen molar-refractivity contribution >= 4 is 11.8 Å². The lowest BCUT2D eigenvalue weighted by Gasteiger charge is -2.37. The van der Waals surface area contributed by atoms with E-state index in [1.54, 1.807) is 0 Å². The Morgan fingerprint density at radius 1 is 1.14 bits per heavy atom. The van der Waals surface area contributed by atoms with Gasteiger partial charge >= 0.3 is 0 Å². The van der Waals surface area contributed by atoms with Crippen LogP contribution in [-0.4, -0.2) is 34.8 Å². The Morgan fingerprint density at radius 2 is 1.86 bits per heavy atom. The molecule has 0 spiro atoms. The van der Waals surface area contributed by atoms with Crippen LogP contribution in [0.15, 0.2) is 0 Å². The minimum absolute atomic E-state index is 0.0246. The predicted molar refractivity (Wildman–Crippen MR) is 83.8 cm³/mol. The van der Waals surface area contributed by atoms with Gasteiger partial charge in [-0.2, -0.15) is 0 Å². The number of carbonyl (C=O) groups is 2. The molecule has 0 aromatic heterocycles. The maximum atomic E-state index is 13.1. The lowest BCUT2D eigenvalue weighted by molar-refractivity contribution is -0.141. The molecule has 2 amide bonds. The molecule has 2 aliphatic rings. The van der Waals surface area contributed by atoms with Crippen molar-refractivity contribution in [3.05, 3.63) is 0 Å². The SMILES string of the molecule is CCC1(CC)NC(=O)CCN(C2CCCC(C)CC2)C1=O. The predicted octanol–water partition coefficient (Wildman–Crippen LogP) is 2.86. The number of amides is 2. The highest BCUT2D eigenvalue weighted by molar-refractivity contribution is 5.93. The molecule has 4 heteroatoms. The summed E-state index contributed by atoms with van der Waals surface area (Å²) in [5, 5.41) is 3.00. The molecule has 2 rings (SSSR count). The maximum Gasteiger partial charge on any atom is 0.248 e. The Morgan fingerprint density at radius 3 is 2.52 bits per heavy atom. The van der Waals surface area contributed by atoms with E-state index < -0.39 is 5.54 Å². The van der Waals surface area contributed by atoms with Gasteiger partial charge in [0.05, 0.1) is 0 Å². The summed E-state index contributed by atoms with van der Waals surface area (Å²) in [5.74, 6) is 0.938. The molecule has 1 saturated heterocycles. The molecule has 0 bridgehead atoms. The molecule has 0 aromatic carbocycles. The molecule has 1 N–H and O–H groups in total. The molecule has 0 aromatic rings. The fourth-order valence-corrected chi connectivity index (χ4v) is 3.84. The summed E-state index contributed by atoms with van der Waals surface area (Å²) in [6.07, 6.45) is 7.63. The van der Waals surface area contributed by atoms with Crippen molar-refractivity contribution in [3.63, 3.8) is 0 Å². The van der Waals surface area contributed by atoms with Crippen molar-refractivity contribution in [2.45, 2.75) is 83.7 Å². The van der Waals surface area contributed by atoms with Gasteiger partial charge in [-0.15, -0.1) is 0 Å². The van der Waals surface area contributed by atoms with Crippen molar-refractivity contribution in [2.75, 3.05) is 6.54 Å². The van der Waals surface area contributed by atoms with Crippen molar-refractivity contribution < 1.29 is 9.59 Å². The highest BCUT2D eigenvalue weighted by Crippen LogP contribution is 2.30. The summed E-state index contributed by atoms with van der Waals surface area (Å²) in [5.41, 5.74) is -0.675. The van der Waals surface area contributed by atoms with Crippen LogP contribution in [-0.2, 0) is 9.59 Å². The molecule has 2 unspecified atom stereocenters. The summed E-state index contributed by atoms with van der Waals surface area (Å²) in [7, 11) is 0. The molecular weight excluding hydrogens is 264 g/mol. The van der Waals surface area contributed by atoms with Crippen LogP contribution in [0.4, 0.5) is 0 Å². The first-order chi connectivity index (χ1) is 10.0. The van der Waals surface area contributed by atoms with E-state index in [2.05, 4.69) is 12.2 Å². The van der Waals surface area contributed by atoms with Gasteiger partial charge in [0.2, 0.25) is 11.8 Å². The van der Waals surface area contributed by atoms with Gasteiger partial charge in [0.1, 0.15) is 5.54 Å². The topological polar surface area (TPSA) is 49.4 Å². The second-order valence-corrected chi connectivity index (χ2v) is 6.85. The molecule has 4 nitrogen and oxygen atoms in total. The van der Waals surface area contributed by atoms with Gasteiger partial charge in [-0.3, -0.25) is 9.59 Å². The Labute approximate surface area is 128 Å². The average Bonchev–Trinajstić information content (AvgIpc) is 2.76. The standard InChI is InChI=1S/C17H30N2O2/c1-4-17(5-2)16(21)19(12-11-15(20)18-17)14-8-6-7-13(3)9-10-14/h13-14H,4-12H2,1-3H3,(H,18,20). The van der Waals surface area contributed by atoms with Crippen LogP contribution in [0.1, 0.15) is 72.1 Å². The first-order valence-corrected chi connectivity index (χ1v) is 8.64. The minimum atomic E-state index is -0.675. The molecule has 1 aliphatic carbocycles. The fourth-order valence-electron chi connectivity index (χ4n) is 3.84. The van der Waals surface area contributed by atoms with Gasteiger partial charge in [-0.25, -0.2) is 0 Å².